The number of amides is 3. The van der Waals surface area contributed by atoms with Crippen molar-refractivity contribution in [1.29, 1.82) is 0 Å². The first-order valence-corrected chi connectivity index (χ1v) is 13.7. The molecule has 0 fully saturated rings. The van der Waals surface area contributed by atoms with Crippen LogP contribution in [-0.4, -0.2) is 53.5 Å². The predicted molar refractivity (Wildman–Crippen MR) is 138 cm³/mol. The molecule has 1 heterocycles. The van der Waals surface area contributed by atoms with Gasteiger partial charge in [-0.15, -0.1) is 0 Å². The molecule has 1 unspecified atom stereocenters. The molecule has 3 rings (SSSR count). The van der Waals surface area contributed by atoms with E-state index in [0.29, 0.717) is 26.3 Å². The zero-order valence-corrected chi connectivity index (χ0v) is 22.9. The van der Waals surface area contributed by atoms with E-state index < -0.39 is 33.4 Å². The van der Waals surface area contributed by atoms with E-state index in [-0.39, 0.29) is 35.9 Å². The summed E-state index contributed by atoms with van der Waals surface area (Å²) < 4.78 is 26.5. The number of nitrogens with zero attached hydrogens (tertiary/aromatic N) is 2. The molecule has 8 nitrogen and oxygen atoms in total. The molecule has 0 radical (unpaired) electrons. The zero-order chi connectivity index (χ0) is 26.8. The van der Waals surface area contributed by atoms with Gasteiger partial charge in [0, 0.05) is 25.0 Å². The van der Waals surface area contributed by atoms with Crippen LogP contribution in [-0.2, 0) is 26.2 Å². The first-order valence-electron chi connectivity index (χ1n) is 11.5. The quantitative estimate of drug-likeness (QED) is 0.526. The summed E-state index contributed by atoms with van der Waals surface area (Å²) in [4.78, 5) is 40.6. The third kappa shape index (κ3) is 6.02. The first-order chi connectivity index (χ1) is 16.8. The van der Waals surface area contributed by atoms with Gasteiger partial charge in [-0.3, -0.25) is 14.4 Å². The Morgan fingerprint density at radius 3 is 2.33 bits per heavy atom. The highest BCUT2D eigenvalue weighted by Crippen LogP contribution is 2.30. The molecule has 11 heteroatoms. The van der Waals surface area contributed by atoms with Gasteiger partial charge in [-0.1, -0.05) is 48.3 Å². The van der Waals surface area contributed by atoms with Crippen molar-refractivity contribution < 1.29 is 22.8 Å². The number of benzene rings is 2. The van der Waals surface area contributed by atoms with Crippen molar-refractivity contribution in [3.8, 4) is 0 Å². The summed E-state index contributed by atoms with van der Waals surface area (Å²) >= 11 is 12.2. The van der Waals surface area contributed by atoms with E-state index in [4.69, 9.17) is 23.2 Å². The predicted octanol–water partition coefficient (Wildman–Crippen LogP) is 4.25. The topological polar surface area (TPSA) is 104 Å². The molecule has 194 valence electrons. The van der Waals surface area contributed by atoms with Crippen LogP contribution in [0.1, 0.15) is 56.5 Å². The van der Waals surface area contributed by atoms with Gasteiger partial charge >= 0.3 is 0 Å². The Bertz CT molecular complexity index is 1290. The van der Waals surface area contributed by atoms with E-state index in [0.717, 1.165) is 0 Å². The lowest BCUT2D eigenvalue weighted by Gasteiger charge is -2.33. The molecule has 1 atom stereocenters. The van der Waals surface area contributed by atoms with Gasteiger partial charge < -0.3 is 10.2 Å². The maximum Gasteiger partial charge on any atom is 0.269 e. The van der Waals surface area contributed by atoms with Gasteiger partial charge in [-0.05, 0) is 57.0 Å². The minimum absolute atomic E-state index is 0.0483. The van der Waals surface area contributed by atoms with E-state index in [2.05, 4.69) is 5.32 Å². The van der Waals surface area contributed by atoms with Crippen LogP contribution in [0, 0.1) is 0 Å². The Morgan fingerprint density at radius 1 is 1.08 bits per heavy atom. The van der Waals surface area contributed by atoms with E-state index in [1.807, 2.05) is 20.8 Å². The number of fused-ring (bicyclic) bond motifs is 1. The van der Waals surface area contributed by atoms with Crippen molar-refractivity contribution in [2.75, 3.05) is 6.54 Å². The van der Waals surface area contributed by atoms with Crippen LogP contribution in [0.3, 0.4) is 0 Å². The highest BCUT2D eigenvalue weighted by atomic mass is 35.5. The molecule has 0 saturated carbocycles. The lowest BCUT2D eigenvalue weighted by molar-refractivity contribution is -0.142. The molecule has 0 spiro atoms. The van der Waals surface area contributed by atoms with Gasteiger partial charge in [0.15, 0.2) is 0 Å². The molecule has 36 heavy (non-hydrogen) atoms. The van der Waals surface area contributed by atoms with Crippen LogP contribution in [0.15, 0.2) is 47.4 Å². The Hall–Kier alpha value is -2.62. The second-order valence-corrected chi connectivity index (χ2v) is 12.2. The highest BCUT2D eigenvalue weighted by Gasteiger charge is 2.41. The second kappa shape index (κ2) is 10.8. The fraction of sp³-hybridized carbons (Fsp3) is 0.400. The van der Waals surface area contributed by atoms with Crippen molar-refractivity contribution in [2.45, 2.75) is 63.6 Å². The third-order valence-electron chi connectivity index (χ3n) is 5.66. The van der Waals surface area contributed by atoms with E-state index in [1.165, 1.54) is 23.1 Å². The Kier molecular flexibility index (Phi) is 8.37. The molecule has 1 N–H and O–H groups in total. The summed E-state index contributed by atoms with van der Waals surface area (Å²) in [5.74, 6) is -1.49. The summed E-state index contributed by atoms with van der Waals surface area (Å²) in [5.41, 5.74) is 0.204. The Labute approximate surface area is 221 Å². The van der Waals surface area contributed by atoms with Crippen LogP contribution in [0.2, 0.25) is 10.0 Å². The Balaban J connectivity index is 1.86. The second-order valence-electron chi connectivity index (χ2n) is 9.56. The number of rotatable bonds is 8. The number of nitrogens with one attached hydrogen (secondary N) is 1. The van der Waals surface area contributed by atoms with Gasteiger partial charge in [-0.2, -0.15) is 0 Å². The summed E-state index contributed by atoms with van der Waals surface area (Å²) in [6.45, 7) is 7.00. The van der Waals surface area contributed by atoms with E-state index >= 15 is 0 Å². The van der Waals surface area contributed by atoms with Crippen LogP contribution in [0.25, 0.3) is 0 Å². The van der Waals surface area contributed by atoms with E-state index in [1.54, 1.807) is 31.2 Å². The molecule has 3 amide bonds. The summed E-state index contributed by atoms with van der Waals surface area (Å²) in [7, 11) is -4.05. The fourth-order valence-corrected chi connectivity index (χ4v) is 5.89. The number of carbonyl (C=O) groups is 3. The molecule has 2 aromatic rings. The minimum Gasteiger partial charge on any atom is -0.350 e. The fourth-order valence-electron chi connectivity index (χ4n) is 4.00. The molecule has 0 aliphatic carbocycles. The molecule has 0 bridgehead atoms. The summed E-state index contributed by atoms with van der Waals surface area (Å²) in [6.07, 6.45) is 0.0287. The lowest BCUT2D eigenvalue weighted by Crippen LogP contribution is -2.53. The maximum absolute atomic E-state index is 13.5. The van der Waals surface area contributed by atoms with Crippen LogP contribution < -0.4 is 5.32 Å². The van der Waals surface area contributed by atoms with Crippen molar-refractivity contribution in [3.05, 3.63) is 63.6 Å². The zero-order valence-electron chi connectivity index (χ0n) is 20.5. The molecule has 0 aromatic heterocycles. The molecular weight excluding hydrogens is 525 g/mol. The van der Waals surface area contributed by atoms with Gasteiger partial charge in [0.2, 0.25) is 11.8 Å². The number of hydrogen-bond acceptors (Lipinski definition) is 5. The number of carbonyl (C=O) groups excluding carboxylic acids is 3. The molecule has 1 aliphatic rings. The van der Waals surface area contributed by atoms with Gasteiger partial charge in [0.05, 0.1) is 15.6 Å². The lowest BCUT2D eigenvalue weighted by atomic mass is 10.1. The first kappa shape index (κ1) is 28.0. The SMILES string of the molecule is CCC(C(=O)NC(C)(C)C)N(Cc1ccc(Cl)c(Cl)c1)C(=O)CCN1C(=O)c2ccccc2S1(=O)=O. The monoisotopic (exact) mass is 553 g/mol. The van der Waals surface area contributed by atoms with Crippen LogP contribution in [0.4, 0.5) is 0 Å². The molecule has 2 aromatic carbocycles. The molecule has 1 aliphatic heterocycles. The van der Waals surface area contributed by atoms with Gasteiger partial charge in [0.1, 0.15) is 10.9 Å². The minimum atomic E-state index is -4.05. The van der Waals surface area contributed by atoms with Crippen LogP contribution >= 0.6 is 23.2 Å². The Morgan fingerprint density at radius 2 is 1.75 bits per heavy atom. The largest absolute Gasteiger partial charge is 0.350 e. The van der Waals surface area contributed by atoms with Crippen molar-refractivity contribution in [3.63, 3.8) is 0 Å². The third-order valence-corrected chi connectivity index (χ3v) is 8.24. The number of halogens is 2. The maximum atomic E-state index is 13.5. The molecule has 0 saturated heterocycles. The molecular formula is C25H29Cl2N3O5S. The number of hydrogen-bond donors (Lipinski definition) is 1. The van der Waals surface area contributed by atoms with E-state index in [9.17, 15) is 22.8 Å². The average Bonchev–Trinajstić information content (AvgIpc) is 2.98. The summed E-state index contributed by atoms with van der Waals surface area (Å²) in [5, 5.41) is 3.56. The van der Waals surface area contributed by atoms with Crippen molar-refractivity contribution >= 4 is 50.9 Å². The number of sulfonamides is 1. The summed E-state index contributed by atoms with van der Waals surface area (Å²) in [6, 6.07) is 10.0. The van der Waals surface area contributed by atoms with Gasteiger partial charge in [0.25, 0.3) is 15.9 Å². The normalized spacial score (nSPS) is 15.4. The van der Waals surface area contributed by atoms with Crippen molar-refractivity contribution in [1.82, 2.24) is 14.5 Å². The standard InChI is InChI=1S/C25H29Cl2N3O5S/c1-5-20(23(32)28-25(2,3)4)29(15-16-10-11-18(26)19(27)14-16)22(31)12-13-30-24(33)17-8-6-7-9-21(17)36(30,34)35/h6-11,14,20H,5,12-13,15H2,1-4H3,(H,28,32). The van der Waals surface area contributed by atoms with Gasteiger partial charge in [-0.25, -0.2) is 12.7 Å². The highest BCUT2D eigenvalue weighted by molar-refractivity contribution is 7.90. The van der Waals surface area contributed by atoms with Crippen LogP contribution in [0.5, 0.6) is 0 Å². The van der Waals surface area contributed by atoms with Crippen molar-refractivity contribution in [2.24, 2.45) is 0 Å². The smallest absolute Gasteiger partial charge is 0.269 e. The average molecular weight is 554 g/mol.